The molecule has 0 spiro atoms. The third-order valence-electron chi connectivity index (χ3n) is 4.64. The molecule has 23 heavy (non-hydrogen) atoms. The van der Waals surface area contributed by atoms with Gasteiger partial charge in [-0.15, -0.1) is 0 Å². The Morgan fingerprint density at radius 1 is 0.522 bits per heavy atom. The maximum atomic E-state index is 2.40. The Morgan fingerprint density at radius 3 is 1.26 bits per heavy atom. The molecule has 2 unspecified atom stereocenters. The van der Waals surface area contributed by atoms with Crippen molar-refractivity contribution in [1.29, 1.82) is 0 Å². The van der Waals surface area contributed by atoms with Crippen molar-refractivity contribution in [2.45, 2.75) is 24.9 Å². The molecule has 0 bridgehead atoms. The van der Waals surface area contributed by atoms with E-state index in [9.17, 15) is 0 Å². The average Bonchev–Trinajstić information content (AvgIpc) is 2.64. The van der Waals surface area contributed by atoms with Crippen LogP contribution in [0.2, 0.25) is 0 Å². The molecule has 2 atom stereocenters. The van der Waals surface area contributed by atoms with Gasteiger partial charge in [0.1, 0.15) is 8.80 Å². The molecule has 0 nitrogen and oxygen atoms in total. The molecule has 3 aromatic carbocycles. The molecule has 1 heteroatoms. The van der Waals surface area contributed by atoms with Gasteiger partial charge in [0.15, 0.2) is 0 Å². The van der Waals surface area contributed by atoms with Crippen molar-refractivity contribution in [1.82, 2.24) is 0 Å². The van der Waals surface area contributed by atoms with Crippen LogP contribution in [0.25, 0.3) is 0 Å². The molecule has 0 heterocycles. The topological polar surface area (TPSA) is 0 Å². The predicted molar refractivity (Wildman–Crippen MR) is 102 cm³/mol. The minimum atomic E-state index is -0.782. The zero-order valence-corrected chi connectivity index (χ0v) is 14.8. The Balaban J connectivity index is 2.01. The van der Waals surface area contributed by atoms with Crippen LogP contribution >= 0.6 is 0 Å². The molecule has 1 radical (unpaired) electrons. The highest BCUT2D eigenvalue weighted by atomic mass is 28.3. The van der Waals surface area contributed by atoms with E-state index in [1.54, 1.807) is 0 Å². The molecule has 0 fully saturated rings. The fourth-order valence-electron chi connectivity index (χ4n) is 3.35. The molecule has 0 N–H and O–H groups in total. The minimum Gasteiger partial charge on any atom is -0.0632 e. The smallest absolute Gasteiger partial charge is 0.0632 e. The van der Waals surface area contributed by atoms with Gasteiger partial charge in [0.25, 0.3) is 0 Å². The third-order valence-corrected chi connectivity index (χ3v) is 8.17. The summed E-state index contributed by atoms with van der Waals surface area (Å²) < 4.78 is 0. The largest absolute Gasteiger partial charge is 0.101 e. The summed E-state index contributed by atoms with van der Waals surface area (Å²) in [6.45, 7) is 4.80. The molecule has 3 aromatic rings. The second-order valence-corrected chi connectivity index (χ2v) is 9.31. The first-order chi connectivity index (χ1) is 11.3. The van der Waals surface area contributed by atoms with Crippen molar-refractivity contribution in [3.8, 4) is 0 Å². The SMILES string of the molecule is CC(c1ccccc1)[Si](c1ccccc1)C(C)c1ccccc1. The van der Waals surface area contributed by atoms with Crippen LogP contribution in [-0.4, -0.2) is 8.80 Å². The normalized spacial score (nSPS) is 13.7. The summed E-state index contributed by atoms with van der Waals surface area (Å²) >= 11 is 0. The van der Waals surface area contributed by atoms with Gasteiger partial charge < -0.3 is 0 Å². The lowest BCUT2D eigenvalue weighted by atomic mass is 10.1. The second-order valence-electron chi connectivity index (χ2n) is 6.09. The van der Waals surface area contributed by atoms with Crippen molar-refractivity contribution in [2.24, 2.45) is 0 Å². The summed E-state index contributed by atoms with van der Waals surface area (Å²) in [5.74, 6) is 0. The highest BCUT2D eigenvalue weighted by molar-refractivity contribution is 6.75. The van der Waals surface area contributed by atoms with E-state index < -0.39 is 8.80 Å². The zero-order chi connectivity index (χ0) is 16.1. The van der Waals surface area contributed by atoms with E-state index in [0.717, 1.165) is 0 Å². The molecule has 0 saturated carbocycles. The molecule has 0 amide bonds. The van der Waals surface area contributed by atoms with E-state index in [4.69, 9.17) is 0 Å². The maximum Gasteiger partial charge on any atom is 0.101 e. The minimum absolute atomic E-state index is 0.568. The number of benzene rings is 3. The van der Waals surface area contributed by atoms with Gasteiger partial charge in [0.05, 0.1) is 0 Å². The van der Waals surface area contributed by atoms with Crippen molar-refractivity contribution < 1.29 is 0 Å². The molecule has 0 aliphatic carbocycles. The van der Waals surface area contributed by atoms with Crippen LogP contribution in [0.5, 0.6) is 0 Å². The lowest BCUT2D eigenvalue weighted by molar-refractivity contribution is 0.955. The fraction of sp³-hybridized carbons (Fsp3) is 0.182. The molecule has 0 aliphatic rings. The molecule has 115 valence electrons. The first-order valence-electron chi connectivity index (χ1n) is 8.29. The van der Waals surface area contributed by atoms with Gasteiger partial charge in [-0.05, 0) is 22.2 Å². The lowest BCUT2D eigenvalue weighted by Gasteiger charge is -2.29. The van der Waals surface area contributed by atoms with E-state index in [-0.39, 0.29) is 0 Å². The van der Waals surface area contributed by atoms with Crippen molar-refractivity contribution in [3.05, 3.63) is 102 Å². The predicted octanol–water partition coefficient (Wildman–Crippen LogP) is 5.07. The Bertz CT molecular complexity index is 661. The Kier molecular flexibility index (Phi) is 5.09. The molecule has 0 aliphatic heterocycles. The standard InChI is InChI=1S/C22H23Si/c1-18(20-12-6-3-7-13-20)23(22-16-10-5-11-17-22)19(2)21-14-8-4-9-15-21/h3-19H,1-2H3. The summed E-state index contributed by atoms with van der Waals surface area (Å²) in [5.41, 5.74) is 4.04. The van der Waals surface area contributed by atoms with Crippen LogP contribution in [0.1, 0.15) is 36.1 Å². The number of rotatable bonds is 5. The van der Waals surface area contributed by atoms with Gasteiger partial charge in [0, 0.05) is 0 Å². The molecule has 0 aromatic heterocycles. The van der Waals surface area contributed by atoms with Gasteiger partial charge >= 0.3 is 0 Å². The quantitative estimate of drug-likeness (QED) is 0.576. The summed E-state index contributed by atoms with van der Waals surface area (Å²) in [6.07, 6.45) is 0. The molecule has 3 rings (SSSR count). The average molecular weight is 316 g/mol. The first kappa shape index (κ1) is 15.8. The van der Waals surface area contributed by atoms with Crippen LogP contribution in [0.3, 0.4) is 0 Å². The molecular weight excluding hydrogens is 292 g/mol. The molecule has 0 saturated heterocycles. The van der Waals surface area contributed by atoms with Crippen LogP contribution in [0.15, 0.2) is 91.0 Å². The van der Waals surface area contributed by atoms with Crippen molar-refractivity contribution in [3.63, 3.8) is 0 Å². The summed E-state index contributed by atoms with van der Waals surface area (Å²) in [4.78, 5) is 0. The van der Waals surface area contributed by atoms with Gasteiger partial charge in [0.2, 0.25) is 0 Å². The van der Waals surface area contributed by atoms with Gasteiger partial charge in [-0.25, -0.2) is 0 Å². The highest BCUT2D eigenvalue weighted by Gasteiger charge is 2.29. The third kappa shape index (κ3) is 3.62. The summed E-state index contributed by atoms with van der Waals surface area (Å²) in [6, 6.07) is 33.0. The van der Waals surface area contributed by atoms with Gasteiger partial charge in [-0.3, -0.25) is 0 Å². The fourth-order valence-corrected chi connectivity index (χ4v) is 6.78. The number of hydrogen-bond acceptors (Lipinski definition) is 0. The maximum absolute atomic E-state index is 2.40. The van der Waals surface area contributed by atoms with Gasteiger partial charge in [-0.2, -0.15) is 0 Å². The summed E-state index contributed by atoms with van der Waals surface area (Å²) in [5, 5.41) is 1.52. The summed E-state index contributed by atoms with van der Waals surface area (Å²) in [7, 11) is -0.782. The van der Waals surface area contributed by atoms with Crippen LogP contribution in [0, 0.1) is 0 Å². The van der Waals surface area contributed by atoms with Crippen molar-refractivity contribution >= 4 is 14.0 Å². The van der Waals surface area contributed by atoms with E-state index >= 15 is 0 Å². The Labute approximate surface area is 141 Å². The van der Waals surface area contributed by atoms with E-state index in [2.05, 4.69) is 105 Å². The lowest BCUT2D eigenvalue weighted by Crippen LogP contribution is -2.40. The number of hydrogen-bond donors (Lipinski definition) is 0. The van der Waals surface area contributed by atoms with Crippen molar-refractivity contribution in [2.75, 3.05) is 0 Å². The highest BCUT2D eigenvalue weighted by Crippen LogP contribution is 2.28. The first-order valence-corrected chi connectivity index (χ1v) is 9.95. The monoisotopic (exact) mass is 315 g/mol. The Hall–Kier alpha value is -2.12. The van der Waals surface area contributed by atoms with Crippen LogP contribution in [0.4, 0.5) is 0 Å². The van der Waals surface area contributed by atoms with Crippen LogP contribution in [-0.2, 0) is 0 Å². The van der Waals surface area contributed by atoms with E-state index in [1.807, 2.05) is 0 Å². The van der Waals surface area contributed by atoms with E-state index in [1.165, 1.54) is 16.3 Å². The zero-order valence-electron chi connectivity index (χ0n) is 13.8. The second kappa shape index (κ2) is 7.43. The van der Waals surface area contributed by atoms with Crippen LogP contribution < -0.4 is 5.19 Å². The molecular formula is C22H23Si. The van der Waals surface area contributed by atoms with Gasteiger partial charge in [-0.1, -0.05) is 110 Å². The van der Waals surface area contributed by atoms with E-state index in [0.29, 0.717) is 11.1 Å². The Morgan fingerprint density at radius 2 is 0.870 bits per heavy atom.